The SMILES string of the molecule is C=C(CCN(c1ccccc1/C=C/C=C/c1ccccc1)S(=O)(=O)c1ccc(C)cc1)N=[N+]=[N-]. The monoisotopic (exact) mass is 470 g/mol. The van der Waals surface area contributed by atoms with Gasteiger partial charge in [-0.25, -0.2) is 8.42 Å². The van der Waals surface area contributed by atoms with E-state index in [1.807, 2.05) is 73.7 Å². The molecule has 0 aliphatic heterocycles. The smallest absolute Gasteiger partial charge is 0.264 e. The molecule has 0 saturated carbocycles. The summed E-state index contributed by atoms with van der Waals surface area (Å²) < 4.78 is 28.6. The maximum absolute atomic E-state index is 13.6. The van der Waals surface area contributed by atoms with Gasteiger partial charge in [0.2, 0.25) is 0 Å². The fourth-order valence-corrected chi connectivity index (χ4v) is 4.79. The Morgan fingerprint density at radius 1 is 0.971 bits per heavy atom. The molecule has 3 rings (SSSR count). The Balaban J connectivity index is 1.98. The molecule has 0 aliphatic carbocycles. The average molecular weight is 471 g/mol. The molecule has 0 unspecified atom stereocenters. The number of hydrogen-bond acceptors (Lipinski definition) is 3. The van der Waals surface area contributed by atoms with Gasteiger partial charge in [-0.3, -0.25) is 4.31 Å². The standard InChI is InChI=1S/C27H26N4O2S/c1-22-16-18-26(19-17-22)34(32,33)31(21-20-23(2)29-30-28)27-15-9-8-14-25(27)13-7-6-12-24-10-4-3-5-11-24/h3-19H,2,20-21H2,1H3/b12-6+,13-7+. The first-order valence-corrected chi connectivity index (χ1v) is 12.2. The van der Waals surface area contributed by atoms with Crippen molar-refractivity contribution in [3.8, 4) is 0 Å². The van der Waals surface area contributed by atoms with Gasteiger partial charge in [-0.05, 0) is 48.2 Å². The van der Waals surface area contributed by atoms with Crippen molar-refractivity contribution < 1.29 is 8.42 Å². The van der Waals surface area contributed by atoms with Crippen LogP contribution in [0, 0.1) is 6.92 Å². The van der Waals surface area contributed by atoms with E-state index in [0.29, 0.717) is 5.69 Å². The first-order chi connectivity index (χ1) is 16.4. The van der Waals surface area contributed by atoms with Crippen molar-refractivity contribution >= 4 is 27.9 Å². The first-order valence-electron chi connectivity index (χ1n) is 10.7. The second-order valence-corrected chi connectivity index (χ2v) is 9.45. The maximum atomic E-state index is 13.6. The van der Waals surface area contributed by atoms with Crippen LogP contribution >= 0.6 is 0 Å². The van der Waals surface area contributed by atoms with Gasteiger partial charge in [0, 0.05) is 17.2 Å². The maximum Gasteiger partial charge on any atom is 0.264 e. The lowest BCUT2D eigenvalue weighted by molar-refractivity contribution is 0.590. The highest BCUT2D eigenvalue weighted by atomic mass is 32.2. The average Bonchev–Trinajstić information content (AvgIpc) is 2.84. The number of aryl methyl sites for hydroxylation is 1. The Morgan fingerprint density at radius 2 is 1.62 bits per heavy atom. The van der Waals surface area contributed by atoms with E-state index >= 15 is 0 Å². The van der Waals surface area contributed by atoms with Gasteiger partial charge in [0.05, 0.1) is 10.6 Å². The van der Waals surface area contributed by atoms with Crippen molar-refractivity contribution in [3.05, 3.63) is 130 Å². The number of azide groups is 1. The molecule has 3 aromatic rings. The molecule has 34 heavy (non-hydrogen) atoms. The molecule has 0 bridgehead atoms. The van der Waals surface area contributed by atoms with E-state index in [2.05, 4.69) is 16.6 Å². The molecule has 0 amide bonds. The summed E-state index contributed by atoms with van der Waals surface area (Å²) in [5.74, 6) is 0. The summed E-state index contributed by atoms with van der Waals surface area (Å²) >= 11 is 0. The summed E-state index contributed by atoms with van der Waals surface area (Å²) in [4.78, 5) is 2.94. The Bertz CT molecular complexity index is 1340. The predicted octanol–water partition coefficient (Wildman–Crippen LogP) is 7.13. The van der Waals surface area contributed by atoms with Gasteiger partial charge in [0.1, 0.15) is 0 Å². The number of nitrogens with zero attached hydrogens (tertiary/aromatic N) is 4. The highest BCUT2D eigenvalue weighted by Crippen LogP contribution is 2.29. The summed E-state index contributed by atoms with van der Waals surface area (Å²) in [5, 5.41) is 3.51. The van der Waals surface area contributed by atoms with Gasteiger partial charge in [-0.2, -0.15) is 0 Å². The lowest BCUT2D eigenvalue weighted by atomic mass is 10.1. The van der Waals surface area contributed by atoms with E-state index in [-0.39, 0.29) is 23.6 Å². The highest BCUT2D eigenvalue weighted by molar-refractivity contribution is 7.92. The quantitative estimate of drug-likeness (QED) is 0.137. The van der Waals surface area contributed by atoms with Gasteiger partial charge >= 0.3 is 0 Å². The highest BCUT2D eigenvalue weighted by Gasteiger charge is 2.26. The van der Waals surface area contributed by atoms with Crippen LogP contribution in [0.1, 0.15) is 23.1 Å². The summed E-state index contributed by atoms with van der Waals surface area (Å²) in [6, 6.07) is 23.9. The second-order valence-electron chi connectivity index (χ2n) is 7.58. The molecule has 0 aromatic heterocycles. The second kappa shape index (κ2) is 11.7. The summed E-state index contributed by atoms with van der Waals surface area (Å²) in [7, 11) is -3.87. The van der Waals surface area contributed by atoms with Crippen LogP contribution in [-0.4, -0.2) is 15.0 Å². The topological polar surface area (TPSA) is 86.1 Å². The van der Waals surface area contributed by atoms with Crippen molar-refractivity contribution in [1.29, 1.82) is 0 Å². The number of hydrogen-bond donors (Lipinski definition) is 0. The number of rotatable bonds is 10. The number of para-hydroxylation sites is 1. The van der Waals surface area contributed by atoms with Gasteiger partial charge in [0.15, 0.2) is 0 Å². The zero-order chi connectivity index (χ0) is 24.4. The zero-order valence-electron chi connectivity index (χ0n) is 18.9. The van der Waals surface area contributed by atoms with E-state index in [4.69, 9.17) is 5.53 Å². The lowest BCUT2D eigenvalue weighted by Gasteiger charge is -2.26. The van der Waals surface area contributed by atoms with Gasteiger partial charge in [-0.15, -0.1) is 0 Å². The predicted molar refractivity (Wildman–Crippen MR) is 140 cm³/mol. The molecule has 172 valence electrons. The molecule has 0 radical (unpaired) electrons. The first kappa shape index (κ1) is 24.6. The Morgan fingerprint density at radius 3 is 2.32 bits per heavy atom. The molecule has 0 atom stereocenters. The van der Waals surface area contributed by atoms with Crippen LogP contribution < -0.4 is 4.31 Å². The van der Waals surface area contributed by atoms with Crippen molar-refractivity contribution in [3.63, 3.8) is 0 Å². The fraction of sp³-hybridized carbons (Fsp3) is 0.111. The molecular formula is C27H26N4O2S. The Hall–Kier alpha value is -4.06. The Kier molecular flexibility index (Phi) is 8.46. The third-order valence-corrected chi connectivity index (χ3v) is 6.91. The molecule has 6 nitrogen and oxygen atoms in total. The molecular weight excluding hydrogens is 444 g/mol. The molecule has 0 fully saturated rings. The summed E-state index contributed by atoms with van der Waals surface area (Å²) in [5.41, 5.74) is 12.3. The largest absolute Gasteiger partial charge is 0.265 e. The van der Waals surface area contributed by atoms with E-state index < -0.39 is 10.0 Å². The van der Waals surface area contributed by atoms with Gasteiger partial charge < -0.3 is 0 Å². The number of sulfonamides is 1. The number of anilines is 1. The van der Waals surface area contributed by atoms with Crippen LogP contribution in [0.25, 0.3) is 22.6 Å². The molecule has 3 aromatic carbocycles. The zero-order valence-corrected chi connectivity index (χ0v) is 19.8. The third kappa shape index (κ3) is 6.48. The minimum Gasteiger partial charge on any atom is -0.265 e. The number of benzene rings is 3. The van der Waals surface area contributed by atoms with Crippen LogP contribution in [0.15, 0.2) is 113 Å². The molecule has 0 heterocycles. The normalized spacial score (nSPS) is 11.4. The minimum absolute atomic E-state index is 0.0821. The minimum atomic E-state index is -3.87. The van der Waals surface area contributed by atoms with Crippen molar-refractivity contribution in [2.75, 3.05) is 10.8 Å². The van der Waals surface area contributed by atoms with Crippen LogP contribution in [0.4, 0.5) is 5.69 Å². The number of allylic oxidation sites excluding steroid dienone is 2. The van der Waals surface area contributed by atoms with Gasteiger partial charge in [-0.1, -0.05) is 102 Å². The summed E-state index contributed by atoms with van der Waals surface area (Å²) in [6.07, 6.45) is 7.83. The van der Waals surface area contributed by atoms with E-state index in [1.165, 1.54) is 4.31 Å². The van der Waals surface area contributed by atoms with Crippen LogP contribution in [0.5, 0.6) is 0 Å². The summed E-state index contributed by atoms with van der Waals surface area (Å²) in [6.45, 7) is 5.71. The molecule has 0 spiro atoms. The molecule has 0 saturated heterocycles. The van der Waals surface area contributed by atoms with Gasteiger partial charge in [0.25, 0.3) is 10.0 Å². The third-order valence-electron chi connectivity index (χ3n) is 5.08. The molecule has 0 aliphatic rings. The Labute approximate surface area is 200 Å². The molecule has 0 N–H and O–H groups in total. The van der Waals surface area contributed by atoms with Crippen LogP contribution in [-0.2, 0) is 10.0 Å². The fourth-order valence-electron chi connectivity index (χ4n) is 3.30. The van der Waals surface area contributed by atoms with Crippen molar-refractivity contribution in [2.24, 2.45) is 5.11 Å². The van der Waals surface area contributed by atoms with E-state index in [9.17, 15) is 8.42 Å². The van der Waals surface area contributed by atoms with Crippen molar-refractivity contribution in [2.45, 2.75) is 18.2 Å². The van der Waals surface area contributed by atoms with Crippen molar-refractivity contribution in [1.82, 2.24) is 0 Å². The molecule has 7 heteroatoms. The van der Waals surface area contributed by atoms with Crippen LogP contribution in [0.2, 0.25) is 0 Å². The van der Waals surface area contributed by atoms with E-state index in [1.54, 1.807) is 36.4 Å². The van der Waals surface area contributed by atoms with E-state index in [0.717, 1.165) is 16.7 Å². The lowest BCUT2D eigenvalue weighted by Crippen LogP contribution is -2.32. The van der Waals surface area contributed by atoms with Crippen LogP contribution in [0.3, 0.4) is 0 Å².